The third kappa shape index (κ3) is 0.992. The lowest BCUT2D eigenvalue weighted by molar-refractivity contribution is 0.0154. The van der Waals surface area contributed by atoms with Crippen molar-refractivity contribution in [3.8, 4) is 0 Å². The Kier molecular flexibility index (Phi) is 2.08. The van der Waals surface area contributed by atoms with Gasteiger partial charge < -0.3 is 15.3 Å². The molecule has 4 heteroatoms. The van der Waals surface area contributed by atoms with Gasteiger partial charge in [0.05, 0.1) is 24.9 Å². The average Bonchev–Trinajstić information content (AvgIpc) is 2.59. The fourth-order valence-corrected chi connectivity index (χ4v) is 2.46. The van der Waals surface area contributed by atoms with E-state index in [1.165, 1.54) is 0 Å². The first-order valence-electron chi connectivity index (χ1n) is 4.48. The molecule has 0 bridgehead atoms. The molecule has 0 aromatic heterocycles. The molecule has 0 spiro atoms. The van der Waals surface area contributed by atoms with E-state index < -0.39 is 12.2 Å². The minimum atomic E-state index is -0.764. The smallest absolute Gasteiger partial charge is 0.0991 e. The number of hydrogen-bond donors (Lipinski definition) is 3. The van der Waals surface area contributed by atoms with Crippen LogP contribution in [-0.4, -0.2) is 57.7 Å². The fraction of sp³-hybridized carbons (Fsp3) is 1.00. The van der Waals surface area contributed by atoms with Crippen LogP contribution in [0.4, 0.5) is 0 Å². The van der Waals surface area contributed by atoms with Crippen LogP contribution in [0.3, 0.4) is 0 Å². The van der Waals surface area contributed by atoms with Crippen LogP contribution in [-0.2, 0) is 0 Å². The lowest BCUT2D eigenvalue weighted by Gasteiger charge is -2.21. The van der Waals surface area contributed by atoms with Crippen LogP contribution in [0.15, 0.2) is 0 Å². The predicted molar refractivity (Wildman–Crippen MR) is 42.6 cm³/mol. The topological polar surface area (TPSA) is 63.9 Å². The molecule has 3 N–H and O–H groups in total. The van der Waals surface area contributed by atoms with Crippen molar-refractivity contribution in [3.63, 3.8) is 0 Å². The van der Waals surface area contributed by atoms with E-state index in [0.29, 0.717) is 0 Å². The Morgan fingerprint density at radius 1 is 1.25 bits per heavy atom. The van der Waals surface area contributed by atoms with E-state index in [0.717, 1.165) is 19.4 Å². The first-order chi connectivity index (χ1) is 5.75. The first kappa shape index (κ1) is 8.44. The van der Waals surface area contributed by atoms with Crippen LogP contribution in [0.1, 0.15) is 12.8 Å². The average molecular weight is 173 g/mol. The maximum atomic E-state index is 9.57. The lowest BCUT2D eigenvalue weighted by Crippen LogP contribution is -2.38. The fourth-order valence-electron chi connectivity index (χ4n) is 2.46. The molecule has 0 radical (unpaired) electrons. The van der Waals surface area contributed by atoms with Crippen molar-refractivity contribution in [3.05, 3.63) is 0 Å². The number of aliphatic hydroxyl groups is 3. The molecule has 2 aliphatic heterocycles. The molecule has 4 nitrogen and oxygen atoms in total. The minimum Gasteiger partial charge on any atom is -0.395 e. The molecule has 2 saturated heterocycles. The Balaban J connectivity index is 2.15. The maximum absolute atomic E-state index is 9.57. The molecule has 2 fully saturated rings. The monoisotopic (exact) mass is 173 g/mol. The zero-order valence-corrected chi connectivity index (χ0v) is 6.93. The predicted octanol–water partition coefficient (Wildman–Crippen LogP) is -1.45. The molecule has 4 atom stereocenters. The van der Waals surface area contributed by atoms with Gasteiger partial charge in [-0.25, -0.2) is 0 Å². The highest BCUT2D eigenvalue weighted by Gasteiger charge is 2.48. The first-order valence-corrected chi connectivity index (χ1v) is 4.48. The Morgan fingerprint density at radius 3 is 2.67 bits per heavy atom. The minimum absolute atomic E-state index is 0.0608. The van der Waals surface area contributed by atoms with Crippen LogP contribution in [0.5, 0.6) is 0 Å². The molecule has 0 aromatic rings. The summed E-state index contributed by atoms with van der Waals surface area (Å²) < 4.78 is 0. The van der Waals surface area contributed by atoms with Crippen LogP contribution in [0.2, 0.25) is 0 Å². The summed E-state index contributed by atoms with van der Waals surface area (Å²) in [5.41, 5.74) is 0. The van der Waals surface area contributed by atoms with Gasteiger partial charge in [0, 0.05) is 6.04 Å². The lowest BCUT2D eigenvalue weighted by atomic mass is 10.1. The summed E-state index contributed by atoms with van der Waals surface area (Å²) in [7, 11) is 0. The number of aliphatic hydroxyl groups excluding tert-OH is 3. The summed E-state index contributed by atoms with van der Waals surface area (Å²) in [4.78, 5) is 2.02. The molecule has 2 heterocycles. The number of nitrogens with zero attached hydrogens (tertiary/aromatic N) is 1. The Morgan fingerprint density at radius 2 is 2.00 bits per heavy atom. The van der Waals surface area contributed by atoms with Crippen LogP contribution in [0, 0.1) is 0 Å². The molecule has 70 valence electrons. The molecule has 0 unspecified atom stereocenters. The van der Waals surface area contributed by atoms with Crippen LogP contribution in [0.25, 0.3) is 0 Å². The van der Waals surface area contributed by atoms with Gasteiger partial charge in [-0.3, -0.25) is 4.90 Å². The van der Waals surface area contributed by atoms with Gasteiger partial charge in [0.1, 0.15) is 0 Å². The van der Waals surface area contributed by atoms with Crippen molar-refractivity contribution in [2.24, 2.45) is 0 Å². The van der Waals surface area contributed by atoms with Gasteiger partial charge in [0.15, 0.2) is 0 Å². The normalized spacial score (nSPS) is 48.2. The van der Waals surface area contributed by atoms with E-state index in [1.54, 1.807) is 0 Å². The molecule has 0 saturated carbocycles. The highest BCUT2D eigenvalue weighted by Crippen LogP contribution is 2.32. The summed E-state index contributed by atoms with van der Waals surface area (Å²) in [5.74, 6) is 0. The quantitative estimate of drug-likeness (QED) is 0.454. The van der Waals surface area contributed by atoms with Crippen molar-refractivity contribution in [1.29, 1.82) is 0 Å². The van der Waals surface area contributed by atoms with E-state index >= 15 is 0 Å². The Bertz CT molecular complexity index is 174. The van der Waals surface area contributed by atoms with Gasteiger partial charge >= 0.3 is 0 Å². The van der Waals surface area contributed by atoms with Crippen molar-refractivity contribution in [2.75, 3.05) is 13.2 Å². The number of rotatable bonds is 1. The van der Waals surface area contributed by atoms with Crippen molar-refractivity contribution < 1.29 is 15.3 Å². The van der Waals surface area contributed by atoms with E-state index in [2.05, 4.69) is 0 Å². The second-order valence-electron chi connectivity index (χ2n) is 3.68. The van der Waals surface area contributed by atoms with Crippen LogP contribution < -0.4 is 0 Å². The second kappa shape index (κ2) is 2.96. The zero-order chi connectivity index (χ0) is 8.72. The van der Waals surface area contributed by atoms with Crippen molar-refractivity contribution >= 4 is 0 Å². The third-order valence-corrected chi connectivity index (χ3v) is 3.09. The van der Waals surface area contributed by atoms with Gasteiger partial charge in [-0.05, 0) is 19.4 Å². The van der Waals surface area contributed by atoms with Crippen LogP contribution >= 0.6 is 0 Å². The standard InChI is InChI=1S/C8H15NO3/c10-4-6-8(12)7(11)5-2-1-3-9(5)6/h5-8,10-12H,1-4H2/t5-,6+,7+,8+/m0/s1. The highest BCUT2D eigenvalue weighted by atomic mass is 16.3. The van der Waals surface area contributed by atoms with E-state index in [9.17, 15) is 10.2 Å². The summed E-state index contributed by atoms with van der Waals surface area (Å²) in [5, 5.41) is 28.1. The second-order valence-corrected chi connectivity index (χ2v) is 3.68. The summed E-state index contributed by atoms with van der Waals surface area (Å²) in [6.45, 7) is 0.832. The molecular weight excluding hydrogens is 158 g/mol. The molecule has 0 amide bonds. The Labute approximate surface area is 71.4 Å². The Hall–Kier alpha value is -0.160. The van der Waals surface area contributed by atoms with Gasteiger partial charge in [0.25, 0.3) is 0 Å². The van der Waals surface area contributed by atoms with E-state index in [-0.39, 0.29) is 18.7 Å². The van der Waals surface area contributed by atoms with Gasteiger partial charge in [-0.2, -0.15) is 0 Å². The molecule has 12 heavy (non-hydrogen) atoms. The SMILES string of the molecule is OC[C@@H]1[C@@H](O)[C@H](O)[C@@H]2CCCN12. The molecular formula is C8H15NO3. The third-order valence-electron chi connectivity index (χ3n) is 3.09. The largest absolute Gasteiger partial charge is 0.395 e. The zero-order valence-electron chi connectivity index (χ0n) is 6.93. The van der Waals surface area contributed by atoms with Gasteiger partial charge in [-0.1, -0.05) is 0 Å². The van der Waals surface area contributed by atoms with Crippen molar-refractivity contribution in [2.45, 2.75) is 37.1 Å². The molecule has 2 aliphatic rings. The summed E-state index contributed by atoms with van der Waals surface area (Å²) >= 11 is 0. The van der Waals surface area contributed by atoms with Crippen molar-refractivity contribution in [1.82, 2.24) is 4.90 Å². The van der Waals surface area contributed by atoms with E-state index in [4.69, 9.17) is 5.11 Å². The molecule has 2 rings (SSSR count). The van der Waals surface area contributed by atoms with Gasteiger partial charge in [0.2, 0.25) is 0 Å². The summed E-state index contributed by atoms with van der Waals surface area (Å²) in [6, 6.07) is -0.162. The van der Waals surface area contributed by atoms with E-state index in [1.807, 2.05) is 4.90 Å². The number of fused-ring (bicyclic) bond motifs is 1. The molecule has 0 aliphatic carbocycles. The number of hydrogen-bond acceptors (Lipinski definition) is 4. The van der Waals surface area contributed by atoms with Gasteiger partial charge in [-0.15, -0.1) is 0 Å². The molecule has 0 aromatic carbocycles. The summed E-state index contributed by atoms with van der Waals surface area (Å²) in [6.07, 6.45) is 0.574. The maximum Gasteiger partial charge on any atom is 0.0991 e. The highest BCUT2D eigenvalue weighted by molar-refractivity contribution is 5.03.